The number of hydrogen-bond donors (Lipinski definition) is 0. The van der Waals surface area contributed by atoms with Crippen molar-refractivity contribution >= 4 is 21.8 Å². The van der Waals surface area contributed by atoms with Crippen LogP contribution in [0.15, 0.2) is 42.5 Å². The van der Waals surface area contributed by atoms with Crippen LogP contribution in [0.5, 0.6) is 0 Å². The molecule has 0 saturated carbocycles. The summed E-state index contributed by atoms with van der Waals surface area (Å²) in [6.07, 6.45) is 1.17. The van der Waals surface area contributed by atoms with Crippen molar-refractivity contribution in [1.82, 2.24) is 4.57 Å². The summed E-state index contributed by atoms with van der Waals surface area (Å²) in [7, 11) is 0. The van der Waals surface area contributed by atoms with Gasteiger partial charge in [0.05, 0.1) is 0 Å². The Hall–Kier alpha value is -1.76. The minimum atomic E-state index is 1.09. The van der Waals surface area contributed by atoms with E-state index in [1.54, 1.807) is 0 Å². The second-order valence-corrected chi connectivity index (χ2v) is 4.69. The summed E-state index contributed by atoms with van der Waals surface area (Å²) in [5.74, 6) is 0. The van der Waals surface area contributed by atoms with Gasteiger partial charge in [-0.1, -0.05) is 36.8 Å². The van der Waals surface area contributed by atoms with Crippen molar-refractivity contribution in [3.8, 4) is 0 Å². The van der Waals surface area contributed by atoms with Gasteiger partial charge in [0.25, 0.3) is 0 Å². The maximum atomic E-state index is 2.43. The van der Waals surface area contributed by atoms with Gasteiger partial charge >= 0.3 is 0 Å². The topological polar surface area (TPSA) is 4.93 Å². The van der Waals surface area contributed by atoms with Crippen LogP contribution >= 0.6 is 0 Å². The van der Waals surface area contributed by atoms with Gasteiger partial charge in [0.1, 0.15) is 0 Å². The van der Waals surface area contributed by atoms with Crippen molar-refractivity contribution < 1.29 is 0 Å². The maximum Gasteiger partial charge on any atom is 0.0491 e. The summed E-state index contributed by atoms with van der Waals surface area (Å²) in [4.78, 5) is 0. The highest BCUT2D eigenvalue weighted by atomic mass is 15.0. The number of hydrogen-bond acceptors (Lipinski definition) is 0. The predicted molar refractivity (Wildman–Crippen MR) is 74.5 cm³/mol. The Balaban J connectivity index is 2.48. The molecule has 0 aliphatic carbocycles. The number of rotatable bonds is 2. The molecule has 0 bridgehead atoms. The molecule has 86 valence electrons. The van der Waals surface area contributed by atoms with Gasteiger partial charge < -0.3 is 4.57 Å². The molecule has 0 aliphatic rings. The molecule has 0 N–H and O–H groups in total. The zero-order valence-corrected chi connectivity index (χ0v) is 10.4. The standard InChI is InChI=1S/C16H17N/c1-3-10-17-15-7-5-4-6-13(15)14-11-12(2)8-9-16(14)17/h4-9,11H,3,10H2,1-2H3. The smallest absolute Gasteiger partial charge is 0.0491 e. The van der Waals surface area contributed by atoms with E-state index >= 15 is 0 Å². The fourth-order valence-corrected chi connectivity index (χ4v) is 2.63. The fraction of sp³-hybridized carbons (Fsp3) is 0.250. The minimum absolute atomic E-state index is 1.09. The number of fused-ring (bicyclic) bond motifs is 3. The number of benzene rings is 2. The molecule has 17 heavy (non-hydrogen) atoms. The first-order valence-corrected chi connectivity index (χ1v) is 6.29. The summed E-state index contributed by atoms with van der Waals surface area (Å²) in [6, 6.07) is 15.4. The van der Waals surface area contributed by atoms with Crippen molar-refractivity contribution in [2.45, 2.75) is 26.8 Å². The summed E-state index contributed by atoms with van der Waals surface area (Å²) in [5, 5.41) is 2.76. The molecule has 1 aromatic heterocycles. The van der Waals surface area contributed by atoms with Gasteiger partial charge in [-0.2, -0.15) is 0 Å². The van der Waals surface area contributed by atoms with E-state index in [9.17, 15) is 0 Å². The van der Waals surface area contributed by atoms with E-state index < -0.39 is 0 Å². The van der Waals surface area contributed by atoms with Crippen LogP contribution in [-0.4, -0.2) is 4.57 Å². The third-order valence-electron chi connectivity index (χ3n) is 3.38. The zero-order valence-electron chi connectivity index (χ0n) is 10.4. The normalized spacial score (nSPS) is 11.4. The lowest BCUT2D eigenvalue weighted by Crippen LogP contribution is -1.95. The van der Waals surface area contributed by atoms with Crippen LogP contribution in [0, 0.1) is 6.92 Å². The van der Waals surface area contributed by atoms with E-state index in [4.69, 9.17) is 0 Å². The molecule has 1 heterocycles. The Morgan fingerprint density at radius 3 is 2.53 bits per heavy atom. The van der Waals surface area contributed by atoms with E-state index in [2.05, 4.69) is 60.9 Å². The monoisotopic (exact) mass is 223 g/mol. The van der Waals surface area contributed by atoms with E-state index in [0.29, 0.717) is 0 Å². The first kappa shape index (κ1) is 10.4. The minimum Gasteiger partial charge on any atom is -0.340 e. The molecule has 1 nitrogen and oxygen atoms in total. The first-order chi connectivity index (χ1) is 8.31. The maximum absolute atomic E-state index is 2.43. The molecule has 0 unspecified atom stereocenters. The van der Waals surface area contributed by atoms with Crippen LogP contribution in [-0.2, 0) is 6.54 Å². The van der Waals surface area contributed by atoms with Crippen molar-refractivity contribution in [3.63, 3.8) is 0 Å². The average molecular weight is 223 g/mol. The Morgan fingerprint density at radius 1 is 0.941 bits per heavy atom. The van der Waals surface area contributed by atoms with Gasteiger partial charge in [-0.3, -0.25) is 0 Å². The average Bonchev–Trinajstić information content (AvgIpc) is 2.65. The van der Waals surface area contributed by atoms with Gasteiger partial charge in [0.2, 0.25) is 0 Å². The van der Waals surface area contributed by atoms with Gasteiger partial charge in [0, 0.05) is 28.4 Å². The molecule has 2 aromatic carbocycles. The van der Waals surface area contributed by atoms with Crippen LogP contribution in [0.1, 0.15) is 18.9 Å². The molecule has 0 saturated heterocycles. The summed E-state index contributed by atoms with van der Waals surface area (Å²) in [5.41, 5.74) is 4.05. The number of para-hydroxylation sites is 1. The predicted octanol–water partition coefficient (Wildman–Crippen LogP) is 4.51. The molecule has 0 amide bonds. The Labute approximate surface area is 102 Å². The van der Waals surface area contributed by atoms with Crippen LogP contribution in [0.3, 0.4) is 0 Å². The molecular weight excluding hydrogens is 206 g/mol. The van der Waals surface area contributed by atoms with Crippen LogP contribution in [0.25, 0.3) is 21.8 Å². The van der Waals surface area contributed by atoms with Gasteiger partial charge in [-0.25, -0.2) is 0 Å². The molecule has 3 rings (SSSR count). The Morgan fingerprint density at radius 2 is 1.71 bits per heavy atom. The molecule has 0 fully saturated rings. The van der Waals surface area contributed by atoms with E-state index in [1.807, 2.05) is 0 Å². The second-order valence-electron chi connectivity index (χ2n) is 4.69. The van der Waals surface area contributed by atoms with E-state index in [0.717, 1.165) is 6.54 Å². The molecule has 0 aliphatic heterocycles. The zero-order chi connectivity index (χ0) is 11.8. The number of nitrogens with zero attached hydrogens (tertiary/aromatic N) is 1. The third-order valence-corrected chi connectivity index (χ3v) is 3.38. The third kappa shape index (κ3) is 1.54. The highest BCUT2D eigenvalue weighted by molar-refractivity contribution is 6.08. The van der Waals surface area contributed by atoms with Gasteiger partial charge in [0.15, 0.2) is 0 Å². The summed E-state index contributed by atoms with van der Waals surface area (Å²) in [6.45, 7) is 5.48. The van der Waals surface area contributed by atoms with Gasteiger partial charge in [-0.05, 0) is 31.5 Å². The van der Waals surface area contributed by atoms with Crippen molar-refractivity contribution in [2.75, 3.05) is 0 Å². The van der Waals surface area contributed by atoms with E-state index in [-0.39, 0.29) is 0 Å². The molecule has 0 radical (unpaired) electrons. The molecule has 0 atom stereocenters. The summed E-state index contributed by atoms with van der Waals surface area (Å²) < 4.78 is 2.43. The quantitative estimate of drug-likeness (QED) is 0.602. The first-order valence-electron chi connectivity index (χ1n) is 6.29. The molecule has 3 aromatic rings. The SMILES string of the molecule is CCCn1c2ccccc2c2cc(C)ccc21. The highest BCUT2D eigenvalue weighted by Crippen LogP contribution is 2.29. The van der Waals surface area contributed by atoms with E-state index in [1.165, 1.54) is 33.8 Å². The largest absolute Gasteiger partial charge is 0.340 e. The molecular formula is C16H17N. The Kier molecular flexibility index (Phi) is 2.40. The van der Waals surface area contributed by atoms with Crippen molar-refractivity contribution in [2.24, 2.45) is 0 Å². The number of aromatic nitrogens is 1. The highest BCUT2D eigenvalue weighted by Gasteiger charge is 2.08. The van der Waals surface area contributed by atoms with Crippen LogP contribution < -0.4 is 0 Å². The number of aryl methyl sites for hydroxylation is 2. The van der Waals surface area contributed by atoms with Crippen molar-refractivity contribution in [3.05, 3.63) is 48.0 Å². The lowest BCUT2D eigenvalue weighted by Gasteiger charge is -2.04. The Bertz CT molecular complexity index is 676. The van der Waals surface area contributed by atoms with Crippen LogP contribution in [0.4, 0.5) is 0 Å². The van der Waals surface area contributed by atoms with Crippen LogP contribution in [0.2, 0.25) is 0 Å². The molecule has 0 spiro atoms. The second kappa shape index (κ2) is 3.92. The lowest BCUT2D eigenvalue weighted by atomic mass is 10.1. The molecule has 1 heteroatoms. The lowest BCUT2D eigenvalue weighted by molar-refractivity contribution is 0.724. The summed E-state index contributed by atoms with van der Waals surface area (Å²) >= 11 is 0. The van der Waals surface area contributed by atoms with Gasteiger partial charge in [-0.15, -0.1) is 0 Å². The van der Waals surface area contributed by atoms with Crippen molar-refractivity contribution in [1.29, 1.82) is 0 Å². The fourth-order valence-electron chi connectivity index (χ4n) is 2.63.